The molecule has 0 aliphatic carbocycles. The first-order valence-electron chi connectivity index (χ1n) is 4.44. The van der Waals surface area contributed by atoms with E-state index >= 15 is 0 Å². The highest BCUT2D eigenvalue weighted by atomic mass is 79.9. The number of hydrogen-bond donors (Lipinski definition) is 1. The van der Waals surface area contributed by atoms with E-state index < -0.39 is 11.7 Å². The van der Waals surface area contributed by atoms with Crippen LogP contribution in [0.2, 0.25) is 5.02 Å². The molecule has 17 heavy (non-hydrogen) atoms. The molecule has 3 nitrogen and oxygen atoms in total. The molecule has 0 saturated heterocycles. The van der Waals surface area contributed by atoms with Gasteiger partial charge in [0.1, 0.15) is 5.82 Å². The Kier molecular flexibility index (Phi) is 3.76. The van der Waals surface area contributed by atoms with Crippen LogP contribution in [0.25, 0.3) is 0 Å². The van der Waals surface area contributed by atoms with Gasteiger partial charge in [0.2, 0.25) is 0 Å². The fourth-order valence-electron chi connectivity index (χ4n) is 1.19. The number of carbonyl (C=O) groups excluding carboxylic acids is 1. The van der Waals surface area contributed by atoms with Crippen LogP contribution in [-0.4, -0.2) is 10.9 Å². The average molecular weight is 336 g/mol. The Morgan fingerprint density at radius 2 is 2.29 bits per heavy atom. The number of anilines is 1. The molecule has 0 aliphatic heterocycles. The normalized spacial score (nSPS) is 10.3. The van der Waals surface area contributed by atoms with Gasteiger partial charge in [-0.25, -0.2) is 9.37 Å². The molecule has 0 saturated carbocycles. The Morgan fingerprint density at radius 1 is 1.53 bits per heavy atom. The summed E-state index contributed by atoms with van der Waals surface area (Å²) in [6.45, 7) is 0. The number of halogens is 3. The number of nitrogens with one attached hydrogen (secondary N) is 1. The lowest BCUT2D eigenvalue weighted by Crippen LogP contribution is -2.14. The van der Waals surface area contributed by atoms with Crippen LogP contribution in [-0.2, 0) is 0 Å². The lowest BCUT2D eigenvalue weighted by molar-refractivity contribution is 0.102. The predicted molar refractivity (Wildman–Crippen MR) is 69.2 cm³/mol. The molecule has 0 aliphatic rings. The summed E-state index contributed by atoms with van der Waals surface area (Å²) in [5, 5.41) is 2.92. The Balaban J connectivity index is 2.26. The average Bonchev–Trinajstić information content (AvgIpc) is 2.63. The van der Waals surface area contributed by atoms with Crippen LogP contribution < -0.4 is 5.32 Å². The molecule has 0 unspecified atom stereocenters. The maximum atomic E-state index is 13.4. The molecule has 88 valence electrons. The Bertz CT molecular complexity index is 555. The van der Waals surface area contributed by atoms with E-state index in [0.717, 1.165) is 3.79 Å². The summed E-state index contributed by atoms with van der Waals surface area (Å²) in [5.74, 6) is -1.28. The van der Waals surface area contributed by atoms with Crippen molar-refractivity contribution < 1.29 is 9.18 Å². The van der Waals surface area contributed by atoms with Crippen LogP contribution in [0, 0.1) is 5.82 Å². The van der Waals surface area contributed by atoms with Crippen molar-refractivity contribution >= 4 is 49.9 Å². The van der Waals surface area contributed by atoms with Gasteiger partial charge in [0.25, 0.3) is 5.91 Å². The summed E-state index contributed by atoms with van der Waals surface area (Å²) in [7, 11) is 0. The fraction of sp³-hybridized carbons (Fsp3) is 0. The van der Waals surface area contributed by atoms with Crippen LogP contribution in [0.4, 0.5) is 9.52 Å². The molecule has 0 fully saturated rings. The molecule has 0 bridgehead atoms. The number of nitrogens with zero attached hydrogens (tertiary/aromatic N) is 1. The number of rotatable bonds is 2. The summed E-state index contributed by atoms with van der Waals surface area (Å²) in [4.78, 5) is 15.7. The summed E-state index contributed by atoms with van der Waals surface area (Å²) < 4.78 is 14.2. The summed E-state index contributed by atoms with van der Waals surface area (Å²) in [6, 6.07) is 4.07. The van der Waals surface area contributed by atoms with E-state index in [2.05, 4.69) is 26.2 Å². The largest absolute Gasteiger partial charge is 0.298 e. The zero-order valence-electron chi connectivity index (χ0n) is 8.21. The lowest BCUT2D eigenvalue weighted by Gasteiger charge is -2.04. The predicted octanol–water partition coefficient (Wildman–Crippen LogP) is 3.95. The van der Waals surface area contributed by atoms with Crippen LogP contribution in [0.5, 0.6) is 0 Å². The van der Waals surface area contributed by atoms with Gasteiger partial charge in [0.15, 0.2) is 5.13 Å². The molecule has 1 aromatic carbocycles. The molecule has 1 N–H and O–H groups in total. The Morgan fingerprint density at radius 3 is 2.88 bits per heavy atom. The number of benzene rings is 1. The van der Waals surface area contributed by atoms with Gasteiger partial charge in [-0.15, -0.1) is 0 Å². The zero-order chi connectivity index (χ0) is 12.4. The molecule has 1 aromatic heterocycles. The summed E-state index contributed by atoms with van der Waals surface area (Å²) >= 11 is 10.2. The third kappa shape index (κ3) is 2.83. The molecular formula is C10H5BrClFN2OS. The van der Waals surface area contributed by atoms with Gasteiger partial charge in [-0.1, -0.05) is 29.0 Å². The summed E-state index contributed by atoms with van der Waals surface area (Å²) in [5.41, 5.74) is -0.180. The molecular weight excluding hydrogens is 331 g/mol. The van der Waals surface area contributed by atoms with Gasteiger partial charge in [-0.3, -0.25) is 10.1 Å². The SMILES string of the molecule is O=C(Nc1ncc(Br)s1)c1c(F)cccc1Cl. The van der Waals surface area contributed by atoms with Gasteiger partial charge in [-0.05, 0) is 28.1 Å². The molecule has 7 heteroatoms. The van der Waals surface area contributed by atoms with Crippen molar-refractivity contribution in [2.45, 2.75) is 0 Å². The maximum absolute atomic E-state index is 13.4. The smallest absolute Gasteiger partial charge is 0.261 e. The van der Waals surface area contributed by atoms with E-state index in [0.29, 0.717) is 5.13 Å². The second-order valence-corrected chi connectivity index (χ2v) is 5.84. The quantitative estimate of drug-likeness (QED) is 0.903. The molecule has 0 spiro atoms. The first-order chi connectivity index (χ1) is 8.08. The monoisotopic (exact) mass is 334 g/mol. The maximum Gasteiger partial charge on any atom is 0.261 e. The number of carbonyl (C=O) groups is 1. The molecule has 2 aromatic rings. The summed E-state index contributed by atoms with van der Waals surface area (Å²) in [6.07, 6.45) is 1.54. The second kappa shape index (κ2) is 5.12. The van der Waals surface area contributed by atoms with Crippen molar-refractivity contribution in [2.24, 2.45) is 0 Å². The van der Waals surface area contributed by atoms with Gasteiger partial charge in [0.05, 0.1) is 20.6 Å². The Labute approximate surface area is 114 Å². The van der Waals surface area contributed by atoms with Gasteiger partial charge < -0.3 is 0 Å². The lowest BCUT2D eigenvalue weighted by atomic mass is 10.2. The van der Waals surface area contributed by atoms with E-state index in [-0.39, 0.29) is 10.6 Å². The third-order valence-electron chi connectivity index (χ3n) is 1.89. The highest BCUT2D eigenvalue weighted by Gasteiger charge is 2.16. The molecule has 0 atom stereocenters. The van der Waals surface area contributed by atoms with E-state index in [1.54, 1.807) is 6.20 Å². The minimum atomic E-state index is -0.661. The first kappa shape index (κ1) is 12.5. The van der Waals surface area contributed by atoms with Crippen LogP contribution in [0.3, 0.4) is 0 Å². The van der Waals surface area contributed by atoms with Gasteiger partial charge in [-0.2, -0.15) is 0 Å². The van der Waals surface area contributed by atoms with E-state index in [9.17, 15) is 9.18 Å². The highest BCUT2D eigenvalue weighted by Crippen LogP contribution is 2.25. The van der Waals surface area contributed by atoms with E-state index in [1.807, 2.05) is 0 Å². The van der Waals surface area contributed by atoms with Crippen molar-refractivity contribution in [3.8, 4) is 0 Å². The van der Waals surface area contributed by atoms with Crippen molar-refractivity contribution in [3.63, 3.8) is 0 Å². The Hall–Kier alpha value is -0.980. The van der Waals surface area contributed by atoms with Crippen molar-refractivity contribution in [1.29, 1.82) is 0 Å². The molecule has 1 amide bonds. The number of thiazole rings is 1. The zero-order valence-corrected chi connectivity index (χ0v) is 11.4. The minimum absolute atomic E-state index is 0.0677. The number of aromatic nitrogens is 1. The van der Waals surface area contributed by atoms with Gasteiger partial charge in [0, 0.05) is 0 Å². The van der Waals surface area contributed by atoms with Crippen molar-refractivity contribution in [3.05, 3.63) is 44.6 Å². The van der Waals surface area contributed by atoms with E-state index in [4.69, 9.17) is 11.6 Å². The second-order valence-electron chi connectivity index (χ2n) is 3.02. The van der Waals surface area contributed by atoms with Crippen molar-refractivity contribution in [1.82, 2.24) is 4.98 Å². The first-order valence-corrected chi connectivity index (χ1v) is 6.43. The van der Waals surface area contributed by atoms with Crippen molar-refractivity contribution in [2.75, 3.05) is 5.32 Å². The third-order valence-corrected chi connectivity index (χ3v) is 3.59. The fourth-order valence-corrected chi connectivity index (χ4v) is 2.54. The molecule has 1 heterocycles. The molecule has 0 radical (unpaired) electrons. The van der Waals surface area contributed by atoms with Gasteiger partial charge >= 0.3 is 0 Å². The number of hydrogen-bond acceptors (Lipinski definition) is 3. The topological polar surface area (TPSA) is 42.0 Å². The van der Waals surface area contributed by atoms with Crippen LogP contribution >= 0.6 is 38.9 Å². The minimum Gasteiger partial charge on any atom is -0.298 e. The number of amides is 1. The van der Waals surface area contributed by atoms with Crippen LogP contribution in [0.1, 0.15) is 10.4 Å². The highest BCUT2D eigenvalue weighted by molar-refractivity contribution is 9.11. The van der Waals surface area contributed by atoms with E-state index in [1.165, 1.54) is 29.5 Å². The standard InChI is InChI=1S/C10H5BrClFN2OS/c11-7-4-14-10(17-7)15-9(16)8-5(12)2-1-3-6(8)13/h1-4H,(H,14,15,16). The van der Waals surface area contributed by atoms with Crippen LogP contribution in [0.15, 0.2) is 28.2 Å². The molecule has 2 rings (SSSR count).